The SMILES string of the molecule is CC1=C\CC(C)/C=C(C(F)(F)F)/C=C\1. The molecular formula is C11H13F3. The number of allylic oxidation sites excluding steroid dienone is 6. The summed E-state index contributed by atoms with van der Waals surface area (Å²) in [6.45, 7) is 3.59. The molecule has 1 aliphatic carbocycles. The van der Waals surface area contributed by atoms with Crippen molar-refractivity contribution in [2.75, 3.05) is 0 Å². The predicted molar refractivity (Wildman–Crippen MR) is 50.8 cm³/mol. The van der Waals surface area contributed by atoms with Gasteiger partial charge in [-0.25, -0.2) is 0 Å². The normalized spacial score (nSPS) is 33.4. The van der Waals surface area contributed by atoms with Gasteiger partial charge < -0.3 is 0 Å². The van der Waals surface area contributed by atoms with E-state index in [1.165, 1.54) is 12.2 Å². The van der Waals surface area contributed by atoms with Crippen molar-refractivity contribution in [1.82, 2.24) is 0 Å². The Morgan fingerprint density at radius 1 is 1.29 bits per heavy atom. The van der Waals surface area contributed by atoms with Gasteiger partial charge in [0.05, 0.1) is 5.57 Å². The van der Waals surface area contributed by atoms with Crippen molar-refractivity contribution >= 4 is 0 Å². The van der Waals surface area contributed by atoms with Crippen LogP contribution in [-0.2, 0) is 0 Å². The van der Waals surface area contributed by atoms with Crippen LogP contribution in [0, 0.1) is 5.92 Å². The summed E-state index contributed by atoms with van der Waals surface area (Å²) in [5.74, 6) is -0.0634. The molecule has 0 spiro atoms. The monoisotopic (exact) mass is 202 g/mol. The van der Waals surface area contributed by atoms with Crippen LogP contribution in [0.4, 0.5) is 13.2 Å². The number of hydrogen-bond donors (Lipinski definition) is 0. The van der Waals surface area contributed by atoms with Gasteiger partial charge in [-0.15, -0.1) is 0 Å². The Morgan fingerprint density at radius 3 is 2.50 bits per heavy atom. The van der Waals surface area contributed by atoms with Crippen LogP contribution in [0.2, 0.25) is 0 Å². The summed E-state index contributed by atoms with van der Waals surface area (Å²) in [5, 5.41) is 0. The fourth-order valence-electron chi connectivity index (χ4n) is 1.28. The highest BCUT2D eigenvalue weighted by Crippen LogP contribution is 2.29. The lowest BCUT2D eigenvalue weighted by atomic mass is 9.99. The molecular weight excluding hydrogens is 189 g/mol. The van der Waals surface area contributed by atoms with Gasteiger partial charge >= 0.3 is 6.18 Å². The van der Waals surface area contributed by atoms with Crippen molar-refractivity contribution < 1.29 is 13.2 Å². The van der Waals surface area contributed by atoms with Gasteiger partial charge in [0, 0.05) is 0 Å². The van der Waals surface area contributed by atoms with Crippen LogP contribution in [-0.4, -0.2) is 6.18 Å². The molecule has 78 valence electrons. The molecule has 1 rings (SSSR count). The van der Waals surface area contributed by atoms with E-state index in [-0.39, 0.29) is 5.92 Å². The van der Waals surface area contributed by atoms with E-state index in [2.05, 4.69) is 0 Å². The van der Waals surface area contributed by atoms with Crippen LogP contribution < -0.4 is 0 Å². The number of alkyl halides is 3. The smallest absolute Gasteiger partial charge is 0.166 e. The summed E-state index contributed by atoms with van der Waals surface area (Å²) in [7, 11) is 0. The zero-order chi connectivity index (χ0) is 10.8. The van der Waals surface area contributed by atoms with E-state index in [1.54, 1.807) is 6.92 Å². The van der Waals surface area contributed by atoms with Crippen molar-refractivity contribution in [3.63, 3.8) is 0 Å². The maximum absolute atomic E-state index is 12.4. The van der Waals surface area contributed by atoms with Crippen LogP contribution in [0.5, 0.6) is 0 Å². The highest BCUT2D eigenvalue weighted by atomic mass is 19.4. The molecule has 0 saturated heterocycles. The van der Waals surface area contributed by atoms with Crippen LogP contribution in [0.15, 0.2) is 35.5 Å². The Hall–Kier alpha value is -0.990. The third-order valence-electron chi connectivity index (χ3n) is 2.13. The largest absolute Gasteiger partial charge is 0.416 e. The number of rotatable bonds is 0. The first kappa shape index (κ1) is 11.1. The van der Waals surface area contributed by atoms with Gasteiger partial charge in [0.2, 0.25) is 0 Å². The molecule has 0 heterocycles. The second-order valence-corrected chi connectivity index (χ2v) is 3.61. The molecule has 0 fully saturated rings. The first-order chi connectivity index (χ1) is 6.39. The summed E-state index contributed by atoms with van der Waals surface area (Å²) < 4.78 is 37.2. The Morgan fingerprint density at radius 2 is 1.93 bits per heavy atom. The third-order valence-corrected chi connectivity index (χ3v) is 2.13. The highest BCUT2D eigenvalue weighted by molar-refractivity contribution is 5.32. The lowest BCUT2D eigenvalue weighted by Gasteiger charge is -2.13. The van der Waals surface area contributed by atoms with Crippen LogP contribution in [0.1, 0.15) is 20.3 Å². The predicted octanol–water partition coefficient (Wildman–Crippen LogP) is 4.02. The zero-order valence-electron chi connectivity index (χ0n) is 8.23. The lowest BCUT2D eigenvalue weighted by molar-refractivity contribution is -0.0886. The number of hydrogen-bond acceptors (Lipinski definition) is 0. The molecule has 14 heavy (non-hydrogen) atoms. The van der Waals surface area contributed by atoms with Crippen molar-refractivity contribution in [2.45, 2.75) is 26.4 Å². The minimum atomic E-state index is -4.23. The van der Waals surface area contributed by atoms with E-state index >= 15 is 0 Å². The molecule has 1 atom stereocenters. The molecule has 0 nitrogen and oxygen atoms in total. The molecule has 0 bridgehead atoms. The first-order valence-corrected chi connectivity index (χ1v) is 4.53. The van der Waals surface area contributed by atoms with Gasteiger partial charge in [-0.3, -0.25) is 0 Å². The molecule has 0 aromatic carbocycles. The second kappa shape index (κ2) is 4.03. The van der Waals surface area contributed by atoms with Gasteiger partial charge in [-0.05, 0) is 19.3 Å². The third kappa shape index (κ3) is 3.05. The lowest BCUT2D eigenvalue weighted by Crippen LogP contribution is -2.12. The van der Waals surface area contributed by atoms with Crippen LogP contribution >= 0.6 is 0 Å². The van der Waals surface area contributed by atoms with Crippen molar-refractivity contribution in [1.29, 1.82) is 0 Å². The highest BCUT2D eigenvalue weighted by Gasteiger charge is 2.32. The summed E-state index contributed by atoms with van der Waals surface area (Å²) in [5.41, 5.74) is 0.337. The zero-order valence-corrected chi connectivity index (χ0v) is 8.23. The van der Waals surface area contributed by atoms with Gasteiger partial charge in [0.1, 0.15) is 0 Å². The topological polar surface area (TPSA) is 0 Å². The van der Waals surface area contributed by atoms with Crippen molar-refractivity contribution in [3.8, 4) is 0 Å². The second-order valence-electron chi connectivity index (χ2n) is 3.61. The minimum Gasteiger partial charge on any atom is -0.166 e. The molecule has 0 aliphatic heterocycles. The maximum Gasteiger partial charge on any atom is 0.416 e. The molecule has 1 unspecified atom stereocenters. The minimum absolute atomic E-state index is 0.0634. The van der Waals surface area contributed by atoms with E-state index in [0.717, 1.165) is 11.6 Å². The van der Waals surface area contributed by atoms with Crippen molar-refractivity contribution in [2.24, 2.45) is 5.92 Å². The van der Waals surface area contributed by atoms with Gasteiger partial charge in [-0.1, -0.05) is 36.8 Å². The summed E-state index contributed by atoms with van der Waals surface area (Å²) in [6, 6.07) is 0. The van der Waals surface area contributed by atoms with Gasteiger partial charge in [-0.2, -0.15) is 13.2 Å². The van der Waals surface area contributed by atoms with E-state index in [1.807, 2.05) is 13.0 Å². The van der Waals surface area contributed by atoms with E-state index in [9.17, 15) is 13.2 Å². The van der Waals surface area contributed by atoms with Gasteiger partial charge in [0.15, 0.2) is 0 Å². The fraction of sp³-hybridized carbons (Fsp3) is 0.455. The van der Waals surface area contributed by atoms with Crippen molar-refractivity contribution in [3.05, 3.63) is 35.5 Å². The average Bonchev–Trinajstić information content (AvgIpc) is 2.03. The molecule has 0 amide bonds. The summed E-state index contributed by atoms with van der Waals surface area (Å²) in [6.07, 6.45) is 2.30. The molecule has 0 radical (unpaired) electrons. The summed E-state index contributed by atoms with van der Waals surface area (Å²) in [4.78, 5) is 0. The molecule has 3 heteroatoms. The fourth-order valence-corrected chi connectivity index (χ4v) is 1.28. The molecule has 1 aliphatic rings. The summed E-state index contributed by atoms with van der Waals surface area (Å²) >= 11 is 0. The Labute approximate surface area is 81.8 Å². The molecule has 0 aromatic rings. The van der Waals surface area contributed by atoms with E-state index in [4.69, 9.17) is 0 Å². The average molecular weight is 202 g/mol. The number of halogens is 3. The molecule has 0 saturated carbocycles. The quantitative estimate of drug-likeness (QED) is 0.556. The van der Waals surface area contributed by atoms with Crippen LogP contribution in [0.25, 0.3) is 0 Å². The standard InChI is InChI=1S/C11H13F3/c1-8-3-4-9(2)7-10(6-5-8)11(12,13)14/h3,5-7,9H,4H2,1-2H3/b6-5-,8-3+,10-7-. The van der Waals surface area contributed by atoms with Crippen LogP contribution in [0.3, 0.4) is 0 Å². The Balaban J connectivity index is 3.00. The first-order valence-electron chi connectivity index (χ1n) is 4.53. The Kier molecular flexibility index (Phi) is 3.19. The maximum atomic E-state index is 12.4. The van der Waals surface area contributed by atoms with Gasteiger partial charge in [0.25, 0.3) is 0 Å². The van der Waals surface area contributed by atoms with E-state index < -0.39 is 11.7 Å². The molecule has 0 N–H and O–H groups in total. The van der Waals surface area contributed by atoms with E-state index in [0.29, 0.717) is 6.42 Å². The Bertz CT molecular complexity index is 292. The molecule has 0 aromatic heterocycles.